The molecule has 0 radical (unpaired) electrons. The van der Waals surface area contributed by atoms with Crippen molar-refractivity contribution in [1.29, 1.82) is 0 Å². The Balaban J connectivity index is 1.77. The van der Waals surface area contributed by atoms with Crippen molar-refractivity contribution in [1.82, 2.24) is 10.4 Å². The molecule has 96 valence electrons. The molecule has 0 spiro atoms. The van der Waals surface area contributed by atoms with Gasteiger partial charge in [-0.1, -0.05) is 0 Å². The van der Waals surface area contributed by atoms with Crippen molar-refractivity contribution < 1.29 is 14.0 Å². The average Bonchev–Trinajstić information content (AvgIpc) is 2.87. The molecule has 0 atom stereocenters. The van der Waals surface area contributed by atoms with Gasteiger partial charge >= 0.3 is 0 Å². The highest BCUT2D eigenvalue weighted by molar-refractivity contribution is 6.43. The highest BCUT2D eigenvalue weighted by Gasteiger charge is 2.18. The van der Waals surface area contributed by atoms with E-state index in [-0.39, 0.29) is 18.2 Å². The smallest absolute Gasteiger partial charge is 0.271 e. The van der Waals surface area contributed by atoms with Crippen LogP contribution in [0.25, 0.3) is 11.1 Å². The maximum absolute atomic E-state index is 11.9. The largest absolute Gasteiger partial charge is 0.443 e. The molecule has 2 amide bonds. The Hall–Kier alpha value is -2.70. The van der Waals surface area contributed by atoms with Gasteiger partial charge in [0.1, 0.15) is 11.2 Å². The second-order valence-corrected chi connectivity index (χ2v) is 4.08. The first kappa shape index (κ1) is 11.4. The second kappa shape index (κ2) is 4.52. The van der Waals surface area contributed by atoms with E-state index in [1.54, 1.807) is 18.2 Å². The van der Waals surface area contributed by atoms with Crippen LogP contribution in [0.4, 0.5) is 5.69 Å². The predicted molar refractivity (Wildman–Crippen MR) is 67.5 cm³/mol. The van der Waals surface area contributed by atoms with Crippen molar-refractivity contribution in [3.8, 4) is 0 Å². The fraction of sp³-hybridized carbons (Fsp3) is 0.167. The summed E-state index contributed by atoms with van der Waals surface area (Å²) >= 11 is 0. The monoisotopic (exact) mass is 258 g/mol. The zero-order valence-corrected chi connectivity index (χ0v) is 9.84. The topological polar surface area (TPSA) is 96.6 Å². The number of oxazole rings is 1. The quantitative estimate of drug-likeness (QED) is 0.840. The lowest BCUT2D eigenvalue weighted by Crippen LogP contribution is -2.32. The first-order chi connectivity index (χ1) is 9.22. The molecule has 0 aliphatic carbocycles. The molecule has 7 nitrogen and oxygen atoms in total. The van der Waals surface area contributed by atoms with Crippen LogP contribution in [0.5, 0.6) is 0 Å². The molecule has 19 heavy (non-hydrogen) atoms. The van der Waals surface area contributed by atoms with E-state index in [0.717, 1.165) is 0 Å². The maximum Gasteiger partial charge on any atom is 0.271 e. The lowest BCUT2D eigenvalue weighted by atomic mass is 10.1. The number of amides is 2. The van der Waals surface area contributed by atoms with Crippen molar-refractivity contribution in [2.75, 3.05) is 5.32 Å². The first-order valence-corrected chi connectivity index (χ1v) is 5.72. The number of nitrogens with one attached hydrogen (secondary N) is 2. The molecule has 0 fully saturated rings. The van der Waals surface area contributed by atoms with Crippen molar-refractivity contribution in [3.05, 3.63) is 24.6 Å². The standard InChI is InChI=1S/C12H10N4O3/c17-11-4-2-8(15-16-11)12(18)14-7-1-3-10-9(5-7)13-6-19-10/h1,3,5-6H,2,4H2,(H,14,18)(H,16,17). The van der Waals surface area contributed by atoms with E-state index in [9.17, 15) is 9.59 Å². The van der Waals surface area contributed by atoms with Crippen LogP contribution in [0.15, 0.2) is 34.1 Å². The molecule has 0 saturated heterocycles. The molecule has 2 aromatic rings. The number of hydrogen-bond donors (Lipinski definition) is 2. The summed E-state index contributed by atoms with van der Waals surface area (Å²) in [4.78, 5) is 26.9. The van der Waals surface area contributed by atoms with Crippen molar-refractivity contribution in [2.24, 2.45) is 5.10 Å². The molecule has 0 saturated carbocycles. The number of benzene rings is 1. The van der Waals surface area contributed by atoms with Gasteiger partial charge in [-0.05, 0) is 18.2 Å². The number of carbonyl (C=O) groups is 2. The molecule has 1 aromatic carbocycles. The predicted octanol–water partition coefficient (Wildman–Crippen LogP) is 1.03. The second-order valence-electron chi connectivity index (χ2n) is 4.08. The van der Waals surface area contributed by atoms with Crippen LogP contribution in [0.3, 0.4) is 0 Å². The van der Waals surface area contributed by atoms with Crippen LogP contribution in [0.1, 0.15) is 12.8 Å². The summed E-state index contributed by atoms with van der Waals surface area (Å²) in [6.45, 7) is 0. The molecular formula is C12H10N4O3. The fourth-order valence-corrected chi connectivity index (χ4v) is 1.78. The van der Waals surface area contributed by atoms with Gasteiger partial charge in [-0.15, -0.1) is 0 Å². The van der Waals surface area contributed by atoms with Crippen molar-refractivity contribution >= 4 is 34.3 Å². The summed E-state index contributed by atoms with van der Waals surface area (Å²) < 4.78 is 5.11. The molecule has 0 unspecified atom stereocenters. The van der Waals surface area contributed by atoms with E-state index in [1.807, 2.05) is 0 Å². The highest BCUT2D eigenvalue weighted by atomic mass is 16.3. The van der Waals surface area contributed by atoms with Gasteiger partial charge in [0.2, 0.25) is 5.91 Å². The Morgan fingerprint density at radius 3 is 3.05 bits per heavy atom. The minimum absolute atomic E-state index is 0.180. The number of anilines is 1. The summed E-state index contributed by atoms with van der Waals surface area (Å²) in [7, 11) is 0. The summed E-state index contributed by atoms with van der Waals surface area (Å²) in [6.07, 6.45) is 1.95. The SMILES string of the molecule is O=C1CCC(C(=O)Nc2ccc3ocnc3c2)=NN1. The van der Waals surface area contributed by atoms with E-state index in [2.05, 4.69) is 20.8 Å². The number of hydrazone groups is 1. The number of aromatic nitrogens is 1. The number of rotatable bonds is 2. The summed E-state index contributed by atoms with van der Waals surface area (Å²) in [5, 5.41) is 6.44. The molecule has 2 N–H and O–H groups in total. The average molecular weight is 258 g/mol. The van der Waals surface area contributed by atoms with Gasteiger partial charge in [0.05, 0.1) is 0 Å². The third-order valence-corrected chi connectivity index (χ3v) is 2.75. The molecular weight excluding hydrogens is 248 g/mol. The Bertz CT molecular complexity index is 689. The van der Waals surface area contributed by atoms with Gasteiger partial charge in [-0.3, -0.25) is 9.59 Å². The number of carbonyl (C=O) groups excluding carboxylic acids is 2. The van der Waals surface area contributed by atoms with Gasteiger partial charge in [0.15, 0.2) is 12.0 Å². The number of hydrogen-bond acceptors (Lipinski definition) is 5. The lowest BCUT2D eigenvalue weighted by Gasteiger charge is -2.11. The molecule has 3 rings (SSSR count). The van der Waals surface area contributed by atoms with Crippen LogP contribution in [0, 0.1) is 0 Å². The van der Waals surface area contributed by atoms with Gasteiger partial charge in [-0.25, -0.2) is 10.4 Å². The zero-order valence-electron chi connectivity index (χ0n) is 9.84. The minimum Gasteiger partial charge on any atom is -0.443 e. The number of nitrogens with zero attached hydrogens (tertiary/aromatic N) is 2. The molecule has 2 heterocycles. The van der Waals surface area contributed by atoms with Crippen molar-refractivity contribution in [3.63, 3.8) is 0 Å². The van der Waals surface area contributed by atoms with Gasteiger partial charge in [0.25, 0.3) is 5.91 Å². The van der Waals surface area contributed by atoms with E-state index in [4.69, 9.17) is 4.42 Å². The Labute approximate surface area is 107 Å². The van der Waals surface area contributed by atoms with Crippen LogP contribution < -0.4 is 10.7 Å². The molecule has 1 aromatic heterocycles. The third-order valence-electron chi connectivity index (χ3n) is 2.75. The van der Waals surface area contributed by atoms with Crippen LogP contribution in [-0.4, -0.2) is 22.5 Å². The first-order valence-electron chi connectivity index (χ1n) is 5.72. The molecule has 1 aliphatic heterocycles. The molecule has 7 heteroatoms. The third kappa shape index (κ3) is 2.30. The van der Waals surface area contributed by atoms with Gasteiger partial charge in [0, 0.05) is 18.5 Å². The Morgan fingerprint density at radius 1 is 1.37 bits per heavy atom. The zero-order chi connectivity index (χ0) is 13.2. The summed E-state index contributed by atoms with van der Waals surface area (Å²) in [6, 6.07) is 5.15. The van der Waals surface area contributed by atoms with E-state index >= 15 is 0 Å². The molecule has 1 aliphatic rings. The van der Waals surface area contributed by atoms with Crippen LogP contribution in [0.2, 0.25) is 0 Å². The van der Waals surface area contributed by atoms with E-state index in [1.165, 1.54) is 6.39 Å². The number of fused-ring (bicyclic) bond motifs is 1. The van der Waals surface area contributed by atoms with E-state index < -0.39 is 0 Å². The minimum atomic E-state index is -0.331. The maximum atomic E-state index is 11.9. The fourth-order valence-electron chi connectivity index (χ4n) is 1.78. The van der Waals surface area contributed by atoms with Crippen molar-refractivity contribution in [2.45, 2.75) is 12.8 Å². The van der Waals surface area contributed by atoms with Crippen LogP contribution >= 0.6 is 0 Å². The Morgan fingerprint density at radius 2 is 2.26 bits per heavy atom. The Kier molecular flexibility index (Phi) is 2.71. The normalized spacial score (nSPS) is 14.9. The van der Waals surface area contributed by atoms with Crippen LogP contribution in [-0.2, 0) is 9.59 Å². The van der Waals surface area contributed by atoms with Gasteiger partial charge < -0.3 is 9.73 Å². The summed E-state index contributed by atoms with van der Waals surface area (Å²) in [5.41, 5.74) is 4.51. The summed E-state index contributed by atoms with van der Waals surface area (Å²) in [5.74, 6) is -0.511. The highest BCUT2D eigenvalue weighted by Crippen LogP contribution is 2.17. The molecule has 0 bridgehead atoms. The lowest BCUT2D eigenvalue weighted by molar-refractivity contribution is -0.121. The van der Waals surface area contributed by atoms with E-state index in [0.29, 0.717) is 28.9 Å². The van der Waals surface area contributed by atoms with Gasteiger partial charge in [-0.2, -0.15) is 5.10 Å².